The highest BCUT2D eigenvalue weighted by atomic mass is 16.5. The van der Waals surface area contributed by atoms with E-state index in [1.807, 2.05) is 37.2 Å². The van der Waals surface area contributed by atoms with E-state index in [-0.39, 0.29) is 0 Å². The third kappa shape index (κ3) is 6.48. The Morgan fingerprint density at radius 1 is 1.31 bits per heavy atom. The molecule has 2 N–H and O–H groups in total. The first-order chi connectivity index (χ1) is 12.6. The quantitative estimate of drug-likeness (QED) is 0.523. The molecule has 6 heteroatoms. The van der Waals surface area contributed by atoms with Gasteiger partial charge in [-0.15, -0.1) is 0 Å². The fourth-order valence-electron chi connectivity index (χ4n) is 3.54. The maximum absolute atomic E-state index is 5.99. The van der Waals surface area contributed by atoms with Gasteiger partial charge in [-0.2, -0.15) is 0 Å². The monoisotopic (exact) mass is 361 g/mol. The van der Waals surface area contributed by atoms with E-state index in [0.29, 0.717) is 12.6 Å². The third-order valence-corrected chi connectivity index (χ3v) is 4.94. The van der Waals surface area contributed by atoms with Crippen molar-refractivity contribution in [3.63, 3.8) is 0 Å². The minimum Gasteiger partial charge on any atom is -0.378 e. The van der Waals surface area contributed by atoms with Gasteiger partial charge in [0, 0.05) is 34.3 Å². The number of hydrogen-bond donors (Lipinski definition) is 2. The van der Waals surface area contributed by atoms with Crippen LogP contribution >= 0.6 is 0 Å². The van der Waals surface area contributed by atoms with Crippen LogP contribution in [-0.4, -0.2) is 51.3 Å². The molecule has 1 heterocycles. The average molecular weight is 362 g/mol. The van der Waals surface area contributed by atoms with Crippen LogP contribution < -0.4 is 15.5 Å². The maximum atomic E-state index is 5.99. The van der Waals surface area contributed by atoms with Crippen molar-refractivity contribution in [2.24, 2.45) is 10.9 Å². The van der Waals surface area contributed by atoms with E-state index in [1.165, 1.54) is 25.7 Å². The summed E-state index contributed by atoms with van der Waals surface area (Å²) in [4.78, 5) is 10.9. The molecule has 146 valence electrons. The van der Waals surface area contributed by atoms with E-state index < -0.39 is 0 Å². The summed E-state index contributed by atoms with van der Waals surface area (Å²) in [5.74, 6) is 2.50. The van der Waals surface area contributed by atoms with Crippen LogP contribution in [0.4, 0.5) is 5.82 Å². The Morgan fingerprint density at radius 3 is 2.73 bits per heavy atom. The van der Waals surface area contributed by atoms with Gasteiger partial charge in [-0.1, -0.05) is 18.9 Å². The SMILES string of the molecule is CCOC(CCNC(=NC)NCc1cccc(N(C)C)n1)C1CCCC1. The lowest BCUT2D eigenvalue weighted by Crippen LogP contribution is -2.39. The Kier molecular flexibility index (Phi) is 8.68. The van der Waals surface area contributed by atoms with Crippen molar-refractivity contribution in [3.8, 4) is 0 Å². The van der Waals surface area contributed by atoms with Gasteiger partial charge in [0.1, 0.15) is 5.82 Å². The second kappa shape index (κ2) is 11.0. The van der Waals surface area contributed by atoms with Gasteiger partial charge in [0.15, 0.2) is 5.96 Å². The smallest absolute Gasteiger partial charge is 0.191 e. The molecule has 0 spiro atoms. The molecule has 1 aliphatic rings. The Bertz CT molecular complexity index is 555. The number of nitrogens with zero attached hydrogens (tertiary/aromatic N) is 3. The summed E-state index contributed by atoms with van der Waals surface area (Å²) < 4.78 is 5.99. The lowest BCUT2D eigenvalue weighted by molar-refractivity contribution is 0.0169. The minimum absolute atomic E-state index is 0.367. The number of aromatic nitrogens is 1. The van der Waals surface area contributed by atoms with E-state index in [9.17, 15) is 0 Å². The van der Waals surface area contributed by atoms with Crippen molar-refractivity contribution in [2.45, 2.75) is 51.7 Å². The van der Waals surface area contributed by atoms with Crippen LogP contribution in [0.2, 0.25) is 0 Å². The van der Waals surface area contributed by atoms with Crippen molar-refractivity contribution in [2.75, 3.05) is 39.2 Å². The zero-order valence-electron chi connectivity index (χ0n) is 16.8. The molecule has 1 fully saturated rings. The fraction of sp³-hybridized carbons (Fsp3) is 0.700. The lowest BCUT2D eigenvalue weighted by Gasteiger charge is -2.24. The summed E-state index contributed by atoms with van der Waals surface area (Å²) in [5.41, 5.74) is 0.997. The molecule has 1 unspecified atom stereocenters. The summed E-state index contributed by atoms with van der Waals surface area (Å²) in [6.07, 6.45) is 6.71. The van der Waals surface area contributed by atoms with Gasteiger partial charge in [0.2, 0.25) is 0 Å². The van der Waals surface area contributed by atoms with E-state index in [1.54, 1.807) is 7.05 Å². The first-order valence-corrected chi connectivity index (χ1v) is 9.83. The molecule has 0 bridgehead atoms. The Labute approximate surface area is 158 Å². The summed E-state index contributed by atoms with van der Waals surface area (Å²) in [6, 6.07) is 6.07. The number of aliphatic imine (C=N–C) groups is 1. The van der Waals surface area contributed by atoms with Crippen molar-refractivity contribution in [1.82, 2.24) is 15.6 Å². The number of guanidine groups is 1. The molecule has 1 aromatic heterocycles. The second-order valence-corrected chi connectivity index (χ2v) is 7.06. The molecule has 6 nitrogen and oxygen atoms in total. The van der Waals surface area contributed by atoms with E-state index in [0.717, 1.165) is 43.0 Å². The Hall–Kier alpha value is -1.82. The molecule has 0 saturated heterocycles. The molecule has 26 heavy (non-hydrogen) atoms. The van der Waals surface area contributed by atoms with E-state index >= 15 is 0 Å². The first-order valence-electron chi connectivity index (χ1n) is 9.83. The van der Waals surface area contributed by atoms with E-state index in [2.05, 4.69) is 27.5 Å². The molecule has 0 aliphatic heterocycles. The molecular weight excluding hydrogens is 326 g/mol. The number of nitrogens with one attached hydrogen (secondary N) is 2. The van der Waals surface area contributed by atoms with Crippen LogP contribution in [0.15, 0.2) is 23.2 Å². The molecule has 1 saturated carbocycles. The van der Waals surface area contributed by atoms with Crippen LogP contribution in [0.25, 0.3) is 0 Å². The fourth-order valence-corrected chi connectivity index (χ4v) is 3.54. The average Bonchev–Trinajstić information content (AvgIpc) is 3.18. The largest absolute Gasteiger partial charge is 0.378 e. The third-order valence-electron chi connectivity index (χ3n) is 4.94. The molecule has 0 radical (unpaired) electrons. The normalized spacial score (nSPS) is 16.5. The van der Waals surface area contributed by atoms with Gasteiger partial charge in [-0.25, -0.2) is 4.98 Å². The van der Waals surface area contributed by atoms with E-state index in [4.69, 9.17) is 4.74 Å². The van der Waals surface area contributed by atoms with Gasteiger partial charge in [0.05, 0.1) is 18.3 Å². The second-order valence-electron chi connectivity index (χ2n) is 7.06. The standard InChI is InChI=1S/C20H35N5O/c1-5-26-18(16-9-6-7-10-16)13-14-22-20(21-2)23-15-17-11-8-12-19(24-17)25(3)4/h8,11-12,16,18H,5-7,9-10,13-15H2,1-4H3,(H2,21,22,23). The Balaban J connectivity index is 1.77. The lowest BCUT2D eigenvalue weighted by atomic mass is 9.98. The van der Waals surface area contributed by atoms with Crippen molar-refractivity contribution < 1.29 is 4.74 Å². The molecule has 1 atom stereocenters. The highest BCUT2D eigenvalue weighted by molar-refractivity contribution is 5.79. The topological polar surface area (TPSA) is 61.8 Å². The van der Waals surface area contributed by atoms with Crippen molar-refractivity contribution in [3.05, 3.63) is 23.9 Å². The van der Waals surface area contributed by atoms with Crippen LogP contribution in [0, 0.1) is 5.92 Å². The maximum Gasteiger partial charge on any atom is 0.191 e. The number of pyridine rings is 1. The highest BCUT2D eigenvalue weighted by Crippen LogP contribution is 2.30. The number of ether oxygens (including phenoxy) is 1. The van der Waals surface area contributed by atoms with Crippen LogP contribution in [-0.2, 0) is 11.3 Å². The van der Waals surface area contributed by atoms with Gasteiger partial charge in [-0.3, -0.25) is 4.99 Å². The highest BCUT2D eigenvalue weighted by Gasteiger charge is 2.25. The molecule has 0 aromatic carbocycles. The molecule has 1 aliphatic carbocycles. The number of hydrogen-bond acceptors (Lipinski definition) is 4. The van der Waals surface area contributed by atoms with Crippen molar-refractivity contribution in [1.29, 1.82) is 0 Å². The summed E-state index contributed by atoms with van der Waals surface area (Å²) in [5, 5.41) is 6.75. The summed E-state index contributed by atoms with van der Waals surface area (Å²) in [7, 11) is 5.80. The Morgan fingerprint density at radius 2 is 2.08 bits per heavy atom. The minimum atomic E-state index is 0.367. The zero-order chi connectivity index (χ0) is 18.8. The van der Waals surface area contributed by atoms with Gasteiger partial charge in [0.25, 0.3) is 0 Å². The molecule has 0 amide bonds. The van der Waals surface area contributed by atoms with Crippen molar-refractivity contribution >= 4 is 11.8 Å². The number of anilines is 1. The summed E-state index contributed by atoms with van der Waals surface area (Å²) >= 11 is 0. The predicted molar refractivity (Wildman–Crippen MR) is 109 cm³/mol. The summed E-state index contributed by atoms with van der Waals surface area (Å²) in [6.45, 7) is 4.40. The van der Waals surface area contributed by atoms with Crippen LogP contribution in [0.5, 0.6) is 0 Å². The van der Waals surface area contributed by atoms with Crippen LogP contribution in [0.3, 0.4) is 0 Å². The predicted octanol–water partition coefficient (Wildman–Crippen LogP) is 2.80. The van der Waals surface area contributed by atoms with Gasteiger partial charge in [-0.05, 0) is 44.2 Å². The molecule has 2 rings (SSSR count). The first kappa shape index (κ1) is 20.5. The molecular formula is C20H35N5O. The van der Waals surface area contributed by atoms with Crippen LogP contribution in [0.1, 0.15) is 44.7 Å². The molecule has 1 aromatic rings. The number of rotatable bonds is 9. The van der Waals surface area contributed by atoms with Gasteiger partial charge >= 0.3 is 0 Å². The van der Waals surface area contributed by atoms with Gasteiger partial charge < -0.3 is 20.3 Å². The zero-order valence-corrected chi connectivity index (χ0v) is 16.8.